The Labute approximate surface area is 180 Å². The largest absolute Gasteiger partial charge is 0.416 e. The number of hydrogen-bond acceptors (Lipinski definition) is 5. The molecule has 2 N–H and O–H groups in total. The third-order valence-corrected chi connectivity index (χ3v) is 8.11. The molecule has 4 rings (SSSR count). The number of nitrogens with two attached hydrogens (primary N) is 1. The van der Waals surface area contributed by atoms with Gasteiger partial charge in [-0.15, -0.1) is 11.3 Å². The van der Waals surface area contributed by atoms with Gasteiger partial charge < -0.3 is 10.5 Å². The third kappa shape index (κ3) is 4.05. The Kier molecular flexibility index (Phi) is 5.54. The van der Waals surface area contributed by atoms with Gasteiger partial charge in [-0.3, -0.25) is 4.79 Å². The number of hydrogen-bond donors (Lipinski definition) is 1. The molecular weight excluding hydrogens is 453 g/mol. The Hall–Kier alpha value is -2.47. The quantitative estimate of drug-likeness (QED) is 0.629. The maximum Gasteiger partial charge on any atom is 0.416 e. The lowest BCUT2D eigenvalue weighted by atomic mass is 10.0. The summed E-state index contributed by atoms with van der Waals surface area (Å²) in [5.41, 5.74) is 5.14. The molecule has 1 aliphatic heterocycles. The van der Waals surface area contributed by atoms with Gasteiger partial charge >= 0.3 is 6.18 Å². The van der Waals surface area contributed by atoms with Gasteiger partial charge in [-0.2, -0.15) is 17.5 Å². The minimum Gasteiger partial charge on any atom is -0.371 e. The van der Waals surface area contributed by atoms with Crippen LogP contribution >= 0.6 is 11.3 Å². The second kappa shape index (κ2) is 7.90. The van der Waals surface area contributed by atoms with Crippen molar-refractivity contribution in [2.75, 3.05) is 19.7 Å². The van der Waals surface area contributed by atoms with E-state index in [2.05, 4.69) is 0 Å². The average Bonchev–Trinajstić information content (AvgIpc) is 3.13. The molecule has 1 fully saturated rings. The van der Waals surface area contributed by atoms with E-state index in [0.29, 0.717) is 10.4 Å². The maximum absolute atomic E-state index is 13.0. The van der Waals surface area contributed by atoms with Gasteiger partial charge in [0.25, 0.3) is 5.91 Å². The lowest BCUT2D eigenvalue weighted by Gasteiger charge is -2.32. The van der Waals surface area contributed by atoms with Gasteiger partial charge in [0.2, 0.25) is 10.0 Å². The van der Waals surface area contributed by atoms with E-state index >= 15 is 0 Å². The van der Waals surface area contributed by atoms with Crippen molar-refractivity contribution in [3.8, 4) is 0 Å². The molecule has 1 aliphatic rings. The van der Waals surface area contributed by atoms with Crippen LogP contribution < -0.4 is 5.73 Å². The normalized spacial score (nSPS) is 18.4. The highest BCUT2D eigenvalue weighted by atomic mass is 32.2. The number of rotatable bonds is 4. The highest BCUT2D eigenvalue weighted by Gasteiger charge is 2.36. The number of thiophene rings is 1. The van der Waals surface area contributed by atoms with E-state index in [-0.39, 0.29) is 24.6 Å². The second-order valence-corrected chi connectivity index (χ2v) is 9.94. The van der Waals surface area contributed by atoms with Crippen molar-refractivity contribution in [3.05, 3.63) is 64.5 Å². The first-order chi connectivity index (χ1) is 14.6. The summed E-state index contributed by atoms with van der Waals surface area (Å²) in [5.74, 6) is -0.637. The standard InChI is InChI=1S/C20H17F3N2O4S2/c21-20(22,23)12-5-7-13(8-6-12)31(27,28)25-9-10-29-15(11-25)17-14-3-1-2-4-16(14)30-18(17)19(24)26/h1-8,15H,9-11H2,(H2,24,26)/t15-/m1/s1. The fraction of sp³-hybridized carbons (Fsp3) is 0.250. The van der Waals surface area contributed by atoms with Crippen LogP contribution in [0.15, 0.2) is 53.4 Å². The predicted octanol–water partition coefficient (Wildman–Crippen LogP) is 3.78. The highest BCUT2D eigenvalue weighted by molar-refractivity contribution is 7.89. The van der Waals surface area contributed by atoms with E-state index < -0.39 is 33.8 Å². The number of nitrogens with zero attached hydrogens (tertiary/aromatic N) is 1. The van der Waals surface area contributed by atoms with Crippen LogP contribution in [-0.2, 0) is 20.9 Å². The lowest BCUT2D eigenvalue weighted by molar-refractivity contribution is -0.137. The van der Waals surface area contributed by atoms with Crippen molar-refractivity contribution >= 4 is 37.4 Å². The van der Waals surface area contributed by atoms with E-state index in [0.717, 1.165) is 38.7 Å². The zero-order valence-electron chi connectivity index (χ0n) is 15.9. The summed E-state index contributed by atoms with van der Waals surface area (Å²) >= 11 is 1.21. The lowest BCUT2D eigenvalue weighted by Crippen LogP contribution is -2.42. The minimum absolute atomic E-state index is 0.0355. The molecule has 0 saturated carbocycles. The van der Waals surface area contributed by atoms with Crippen LogP contribution in [0.2, 0.25) is 0 Å². The molecule has 11 heteroatoms. The van der Waals surface area contributed by atoms with Crippen LogP contribution in [-0.4, -0.2) is 38.3 Å². The Balaban J connectivity index is 1.67. The summed E-state index contributed by atoms with van der Waals surface area (Å²) in [6.45, 7) is 0.00506. The van der Waals surface area contributed by atoms with Crippen LogP contribution in [0.3, 0.4) is 0 Å². The Morgan fingerprint density at radius 2 is 1.81 bits per heavy atom. The topological polar surface area (TPSA) is 89.7 Å². The molecule has 1 aromatic heterocycles. The van der Waals surface area contributed by atoms with Crippen molar-refractivity contribution in [2.45, 2.75) is 17.2 Å². The summed E-state index contributed by atoms with van der Waals surface area (Å²) in [4.78, 5) is 12.0. The van der Waals surface area contributed by atoms with Crippen LogP contribution in [0.25, 0.3) is 10.1 Å². The van der Waals surface area contributed by atoms with Gasteiger partial charge in [0.05, 0.1) is 28.0 Å². The summed E-state index contributed by atoms with van der Waals surface area (Å²) in [6, 6.07) is 10.6. The molecular formula is C20H17F3N2O4S2. The van der Waals surface area contributed by atoms with Gasteiger partial charge in [0.15, 0.2) is 0 Å². The first-order valence-electron chi connectivity index (χ1n) is 9.19. The van der Waals surface area contributed by atoms with Gasteiger partial charge in [-0.05, 0) is 35.7 Å². The smallest absolute Gasteiger partial charge is 0.371 e. The summed E-state index contributed by atoms with van der Waals surface area (Å²) in [5, 5.41) is 0.750. The van der Waals surface area contributed by atoms with Crippen molar-refractivity contribution < 1.29 is 31.1 Å². The molecule has 2 heterocycles. The Morgan fingerprint density at radius 3 is 2.45 bits per heavy atom. The number of primary amides is 1. The number of benzene rings is 2. The zero-order valence-corrected chi connectivity index (χ0v) is 17.6. The van der Waals surface area contributed by atoms with Crippen LogP contribution in [0, 0.1) is 0 Å². The van der Waals surface area contributed by atoms with Crippen molar-refractivity contribution in [3.63, 3.8) is 0 Å². The first kappa shape index (κ1) is 21.8. The zero-order chi connectivity index (χ0) is 22.4. The summed E-state index contributed by atoms with van der Waals surface area (Å²) in [7, 11) is -4.06. The number of amides is 1. The Morgan fingerprint density at radius 1 is 1.13 bits per heavy atom. The Bertz CT molecular complexity index is 1240. The summed E-state index contributed by atoms with van der Waals surface area (Å²) in [6.07, 6.45) is -5.30. The van der Waals surface area contributed by atoms with E-state index in [4.69, 9.17) is 10.5 Å². The van der Waals surface area contributed by atoms with Gasteiger partial charge in [-0.25, -0.2) is 8.42 Å². The molecule has 1 atom stereocenters. The molecule has 164 valence electrons. The molecule has 0 unspecified atom stereocenters. The van der Waals surface area contributed by atoms with Gasteiger partial charge in [0, 0.05) is 23.4 Å². The predicted molar refractivity (Wildman–Crippen MR) is 109 cm³/mol. The minimum atomic E-state index is -4.56. The third-order valence-electron chi connectivity index (χ3n) is 5.03. The number of morpholine rings is 1. The van der Waals surface area contributed by atoms with E-state index in [1.165, 1.54) is 11.3 Å². The number of carbonyl (C=O) groups is 1. The molecule has 1 saturated heterocycles. The number of alkyl halides is 3. The molecule has 31 heavy (non-hydrogen) atoms. The monoisotopic (exact) mass is 470 g/mol. The van der Waals surface area contributed by atoms with E-state index in [1.54, 1.807) is 12.1 Å². The van der Waals surface area contributed by atoms with Gasteiger partial charge in [0.1, 0.15) is 0 Å². The molecule has 0 bridgehead atoms. The molecule has 2 aromatic carbocycles. The highest BCUT2D eigenvalue weighted by Crippen LogP contribution is 2.39. The number of carbonyl (C=O) groups excluding carboxylic acids is 1. The van der Waals surface area contributed by atoms with Crippen molar-refractivity contribution in [1.29, 1.82) is 0 Å². The molecule has 0 spiro atoms. The van der Waals surface area contributed by atoms with Crippen molar-refractivity contribution in [2.24, 2.45) is 5.73 Å². The number of halogens is 3. The fourth-order valence-corrected chi connectivity index (χ4v) is 6.08. The number of sulfonamides is 1. The number of ether oxygens (including phenoxy) is 1. The van der Waals surface area contributed by atoms with Crippen LogP contribution in [0.1, 0.15) is 26.9 Å². The molecule has 3 aromatic rings. The molecule has 0 aliphatic carbocycles. The molecule has 1 amide bonds. The second-order valence-electron chi connectivity index (χ2n) is 6.95. The molecule has 6 nitrogen and oxygen atoms in total. The average molecular weight is 470 g/mol. The van der Waals surface area contributed by atoms with Crippen LogP contribution in [0.5, 0.6) is 0 Å². The first-order valence-corrected chi connectivity index (χ1v) is 11.4. The summed E-state index contributed by atoms with van der Waals surface area (Å²) < 4.78 is 72.2. The maximum atomic E-state index is 13.0. The van der Waals surface area contributed by atoms with Crippen molar-refractivity contribution in [1.82, 2.24) is 4.31 Å². The van der Waals surface area contributed by atoms with E-state index in [9.17, 15) is 26.4 Å². The fourth-order valence-electron chi connectivity index (χ4n) is 3.55. The molecule has 0 radical (unpaired) electrons. The SMILES string of the molecule is NC(=O)c1sc2ccccc2c1[C@H]1CN(S(=O)(=O)c2ccc(C(F)(F)F)cc2)CCO1. The number of fused-ring (bicyclic) bond motifs is 1. The van der Waals surface area contributed by atoms with Crippen LogP contribution in [0.4, 0.5) is 13.2 Å². The van der Waals surface area contributed by atoms with Gasteiger partial charge in [-0.1, -0.05) is 18.2 Å². The van der Waals surface area contributed by atoms with E-state index in [1.807, 2.05) is 12.1 Å².